The first-order valence-corrected chi connectivity index (χ1v) is 7.01. The molecule has 0 N–H and O–H groups in total. The van der Waals surface area contributed by atoms with Crippen LogP contribution in [0.3, 0.4) is 0 Å². The molecule has 1 aromatic carbocycles. The maximum Gasteiger partial charge on any atom is 0.162 e. The molecular weight excluding hydrogens is 236 g/mol. The van der Waals surface area contributed by atoms with E-state index < -0.39 is 0 Å². The van der Waals surface area contributed by atoms with E-state index in [1.807, 2.05) is 30.3 Å². The number of unbranched alkanes of at least 4 members (excludes halogenated alkanes) is 1. The van der Waals surface area contributed by atoms with Crippen molar-refractivity contribution in [3.63, 3.8) is 0 Å². The fourth-order valence-corrected chi connectivity index (χ4v) is 1.92. The molecule has 0 unspecified atom stereocenters. The van der Waals surface area contributed by atoms with Gasteiger partial charge < -0.3 is 9.80 Å². The number of ketones is 1. The minimum atomic E-state index is 0.261. The minimum absolute atomic E-state index is 0.261. The third-order valence-corrected chi connectivity index (χ3v) is 3.22. The van der Waals surface area contributed by atoms with Crippen LogP contribution >= 0.6 is 0 Å². The molecule has 3 nitrogen and oxygen atoms in total. The van der Waals surface area contributed by atoms with Gasteiger partial charge in [-0.3, -0.25) is 4.79 Å². The summed E-state index contributed by atoms with van der Waals surface area (Å²) in [4.78, 5) is 16.4. The highest BCUT2D eigenvalue weighted by Gasteiger charge is 2.05. The molecule has 0 spiro atoms. The second-order valence-electron chi connectivity index (χ2n) is 5.35. The molecule has 0 bridgehead atoms. The van der Waals surface area contributed by atoms with Crippen LogP contribution in [-0.4, -0.2) is 56.4 Å². The van der Waals surface area contributed by atoms with Crippen LogP contribution in [-0.2, 0) is 0 Å². The molecular formula is C16H26N2O. The molecule has 106 valence electrons. The molecule has 0 amide bonds. The number of hydrogen-bond acceptors (Lipinski definition) is 3. The highest BCUT2D eigenvalue weighted by Crippen LogP contribution is 2.07. The molecule has 1 aromatic rings. The summed E-state index contributed by atoms with van der Waals surface area (Å²) in [6.45, 7) is 3.23. The van der Waals surface area contributed by atoms with Crippen LogP contribution in [0.2, 0.25) is 0 Å². The van der Waals surface area contributed by atoms with Gasteiger partial charge in [-0.1, -0.05) is 30.3 Å². The van der Waals surface area contributed by atoms with Crippen LogP contribution in [0.5, 0.6) is 0 Å². The summed E-state index contributed by atoms with van der Waals surface area (Å²) in [6.07, 6.45) is 2.72. The molecule has 0 saturated carbocycles. The molecule has 0 aliphatic rings. The number of likely N-dealkylation sites (N-methyl/N-ethyl adjacent to an activating group) is 2. The lowest BCUT2D eigenvalue weighted by molar-refractivity contribution is 0.0978. The van der Waals surface area contributed by atoms with Gasteiger partial charge in [-0.25, -0.2) is 0 Å². The molecule has 0 aliphatic carbocycles. The zero-order valence-corrected chi connectivity index (χ0v) is 12.4. The average molecular weight is 262 g/mol. The Labute approximate surface area is 117 Å². The summed E-state index contributed by atoms with van der Waals surface area (Å²) in [5, 5.41) is 0. The molecule has 0 aliphatic heterocycles. The van der Waals surface area contributed by atoms with Gasteiger partial charge in [0.2, 0.25) is 0 Å². The van der Waals surface area contributed by atoms with E-state index in [4.69, 9.17) is 0 Å². The summed E-state index contributed by atoms with van der Waals surface area (Å²) in [5.74, 6) is 0.261. The summed E-state index contributed by atoms with van der Waals surface area (Å²) >= 11 is 0. The topological polar surface area (TPSA) is 23.6 Å². The van der Waals surface area contributed by atoms with Gasteiger partial charge >= 0.3 is 0 Å². The number of hydrogen-bond donors (Lipinski definition) is 0. The summed E-state index contributed by atoms with van der Waals surface area (Å²) in [5.41, 5.74) is 0.837. The van der Waals surface area contributed by atoms with Gasteiger partial charge in [0.15, 0.2) is 5.78 Å². The van der Waals surface area contributed by atoms with Gasteiger partial charge in [0, 0.05) is 25.1 Å². The number of carbonyl (C=O) groups excluding carboxylic acids is 1. The van der Waals surface area contributed by atoms with E-state index in [0.29, 0.717) is 6.42 Å². The highest BCUT2D eigenvalue weighted by atomic mass is 16.1. The summed E-state index contributed by atoms with van der Waals surface area (Å²) in [6, 6.07) is 9.57. The fourth-order valence-electron chi connectivity index (χ4n) is 1.92. The van der Waals surface area contributed by atoms with E-state index in [0.717, 1.165) is 38.0 Å². The van der Waals surface area contributed by atoms with Gasteiger partial charge in [-0.05, 0) is 40.5 Å². The molecule has 3 heteroatoms. The Balaban J connectivity index is 2.12. The smallest absolute Gasteiger partial charge is 0.162 e. The van der Waals surface area contributed by atoms with Crippen molar-refractivity contribution in [1.29, 1.82) is 0 Å². The quantitative estimate of drug-likeness (QED) is 0.505. The predicted molar refractivity (Wildman–Crippen MR) is 80.7 cm³/mol. The molecule has 0 saturated heterocycles. The largest absolute Gasteiger partial charge is 0.308 e. The lowest BCUT2D eigenvalue weighted by Crippen LogP contribution is -2.29. The lowest BCUT2D eigenvalue weighted by atomic mass is 10.1. The molecule has 0 atom stereocenters. The van der Waals surface area contributed by atoms with Crippen molar-refractivity contribution >= 4 is 5.78 Å². The number of rotatable bonds is 9. The van der Waals surface area contributed by atoms with Crippen LogP contribution in [0.4, 0.5) is 0 Å². The molecule has 0 radical (unpaired) electrons. The SMILES string of the molecule is CN(C)CCN(C)CCCCC(=O)c1ccccc1. The van der Waals surface area contributed by atoms with Gasteiger partial charge in [-0.15, -0.1) is 0 Å². The Kier molecular flexibility index (Phi) is 7.38. The van der Waals surface area contributed by atoms with Crippen LogP contribution < -0.4 is 0 Å². The van der Waals surface area contributed by atoms with E-state index in [2.05, 4.69) is 30.9 Å². The van der Waals surface area contributed by atoms with Crippen molar-refractivity contribution < 1.29 is 4.79 Å². The van der Waals surface area contributed by atoms with E-state index in [1.165, 1.54) is 0 Å². The van der Waals surface area contributed by atoms with Crippen LogP contribution in [0.1, 0.15) is 29.6 Å². The van der Waals surface area contributed by atoms with Crippen LogP contribution in [0.15, 0.2) is 30.3 Å². The maximum absolute atomic E-state index is 11.9. The first-order valence-electron chi connectivity index (χ1n) is 7.01. The maximum atomic E-state index is 11.9. The number of carbonyl (C=O) groups is 1. The van der Waals surface area contributed by atoms with Gasteiger partial charge in [-0.2, -0.15) is 0 Å². The second kappa shape index (κ2) is 8.83. The second-order valence-corrected chi connectivity index (χ2v) is 5.35. The zero-order chi connectivity index (χ0) is 14.1. The van der Waals surface area contributed by atoms with Crippen molar-refractivity contribution in [3.05, 3.63) is 35.9 Å². The van der Waals surface area contributed by atoms with Gasteiger partial charge in [0.05, 0.1) is 0 Å². The van der Waals surface area contributed by atoms with Crippen LogP contribution in [0, 0.1) is 0 Å². The molecule has 19 heavy (non-hydrogen) atoms. The Bertz CT molecular complexity index is 362. The van der Waals surface area contributed by atoms with Crippen molar-refractivity contribution in [2.24, 2.45) is 0 Å². The number of benzene rings is 1. The number of nitrogens with zero attached hydrogens (tertiary/aromatic N) is 2. The monoisotopic (exact) mass is 262 g/mol. The molecule has 0 aromatic heterocycles. The van der Waals surface area contributed by atoms with Crippen molar-refractivity contribution in [1.82, 2.24) is 9.80 Å². The first-order chi connectivity index (χ1) is 9.09. The molecule has 0 fully saturated rings. The van der Waals surface area contributed by atoms with Gasteiger partial charge in [0.1, 0.15) is 0 Å². The van der Waals surface area contributed by atoms with E-state index in [-0.39, 0.29) is 5.78 Å². The van der Waals surface area contributed by atoms with Gasteiger partial charge in [0.25, 0.3) is 0 Å². The standard InChI is InChI=1S/C16H26N2O/c1-17(2)13-14-18(3)12-8-7-11-16(19)15-9-5-4-6-10-15/h4-6,9-10H,7-8,11-14H2,1-3H3. The van der Waals surface area contributed by atoms with Crippen LogP contribution in [0.25, 0.3) is 0 Å². The van der Waals surface area contributed by atoms with Crippen molar-refractivity contribution in [2.45, 2.75) is 19.3 Å². The molecule has 1 rings (SSSR count). The highest BCUT2D eigenvalue weighted by molar-refractivity contribution is 5.95. The fraction of sp³-hybridized carbons (Fsp3) is 0.562. The first kappa shape index (κ1) is 15.9. The molecule has 0 heterocycles. The van der Waals surface area contributed by atoms with E-state index >= 15 is 0 Å². The summed E-state index contributed by atoms with van der Waals surface area (Å²) < 4.78 is 0. The lowest BCUT2D eigenvalue weighted by Gasteiger charge is -2.18. The number of Topliss-reactive ketones (excluding diaryl/α,β-unsaturated/α-hetero) is 1. The predicted octanol–water partition coefficient (Wildman–Crippen LogP) is 2.53. The van der Waals surface area contributed by atoms with E-state index in [9.17, 15) is 4.79 Å². The summed E-state index contributed by atoms with van der Waals surface area (Å²) in [7, 11) is 6.32. The third-order valence-electron chi connectivity index (χ3n) is 3.22. The average Bonchev–Trinajstić information content (AvgIpc) is 2.42. The normalized spacial score (nSPS) is 11.2. The Morgan fingerprint density at radius 1 is 0.947 bits per heavy atom. The zero-order valence-electron chi connectivity index (χ0n) is 12.4. The Hall–Kier alpha value is -1.19. The Morgan fingerprint density at radius 3 is 2.26 bits per heavy atom. The van der Waals surface area contributed by atoms with E-state index in [1.54, 1.807) is 0 Å². The van der Waals surface area contributed by atoms with Crippen molar-refractivity contribution in [2.75, 3.05) is 40.8 Å². The minimum Gasteiger partial charge on any atom is -0.308 e. The Morgan fingerprint density at radius 2 is 1.63 bits per heavy atom. The third kappa shape index (κ3) is 7.09. The van der Waals surface area contributed by atoms with Crippen molar-refractivity contribution in [3.8, 4) is 0 Å².